The summed E-state index contributed by atoms with van der Waals surface area (Å²) in [4.78, 5) is 8.87. The molecule has 0 aliphatic heterocycles. The Labute approximate surface area is 133 Å². The lowest BCUT2D eigenvalue weighted by molar-refractivity contribution is -0.141. The Balaban J connectivity index is 2.70. The van der Waals surface area contributed by atoms with Crippen molar-refractivity contribution in [2.45, 2.75) is 26.1 Å². The Morgan fingerprint density at radius 1 is 1.26 bits per heavy atom. The van der Waals surface area contributed by atoms with Crippen LogP contribution in [0.25, 0.3) is 0 Å². The highest BCUT2D eigenvalue weighted by molar-refractivity contribution is 5.44. The van der Waals surface area contributed by atoms with Gasteiger partial charge in [-0.15, -0.1) is 0 Å². The molecule has 6 nitrogen and oxygen atoms in total. The summed E-state index contributed by atoms with van der Waals surface area (Å²) in [5.74, 6) is 0.274. The number of nitrogens with zero attached hydrogens (tertiary/aromatic N) is 3. The van der Waals surface area contributed by atoms with Crippen molar-refractivity contribution in [2.24, 2.45) is 5.92 Å². The van der Waals surface area contributed by atoms with Crippen molar-refractivity contribution in [3.8, 4) is 0 Å². The first-order valence-electron chi connectivity index (χ1n) is 7.23. The number of rotatable bonds is 8. The molecule has 1 rings (SSSR count). The molecule has 0 aromatic carbocycles. The Bertz CT molecular complexity index is 495. The van der Waals surface area contributed by atoms with Crippen LogP contribution in [0.2, 0.25) is 0 Å². The van der Waals surface area contributed by atoms with Gasteiger partial charge in [0.25, 0.3) is 0 Å². The van der Waals surface area contributed by atoms with Crippen molar-refractivity contribution in [2.75, 3.05) is 44.1 Å². The van der Waals surface area contributed by atoms with E-state index in [2.05, 4.69) is 15.3 Å². The molecular formula is C14H23F3N4O2. The topological polar surface area (TPSA) is 70.5 Å². The van der Waals surface area contributed by atoms with Gasteiger partial charge in [-0.1, -0.05) is 13.8 Å². The lowest BCUT2D eigenvalue weighted by Crippen LogP contribution is -2.27. The average molecular weight is 336 g/mol. The summed E-state index contributed by atoms with van der Waals surface area (Å²) in [5.41, 5.74) is -1.04. The number of aliphatic hydroxyl groups is 1. The van der Waals surface area contributed by atoms with Gasteiger partial charge in [-0.2, -0.15) is 18.2 Å². The Hall–Kier alpha value is -1.61. The number of nitrogens with one attached hydrogen (secondary N) is 1. The molecule has 0 radical (unpaired) electrons. The summed E-state index contributed by atoms with van der Waals surface area (Å²) in [7, 11) is 3.17. The SMILES string of the molecule is CC(C)COCC(O)CNc1nc(N(C)C)cc(C(F)(F)F)n1. The van der Waals surface area contributed by atoms with Gasteiger partial charge in [-0.05, 0) is 5.92 Å². The van der Waals surface area contributed by atoms with E-state index in [1.807, 2.05) is 13.8 Å². The van der Waals surface area contributed by atoms with Crippen molar-refractivity contribution in [3.05, 3.63) is 11.8 Å². The maximum Gasteiger partial charge on any atom is 0.433 e. The molecule has 23 heavy (non-hydrogen) atoms. The van der Waals surface area contributed by atoms with Gasteiger partial charge in [0.15, 0.2) is 5.69 Å². The van der Waals surface area contributed by atoms with Gasteiger partial charge in [0.05, 0.1) is 12.7 Å². The number of hydrogen-bond acceptors (Lipinski definition) is 6. The van der Waals surface area contributed by atoms with Crippen LogP contribution in [-0.4, -0.2) is 55.0 Å². The molecule has 0 saturated carbocycles. The fourth-order valence-electron chi connectivity index (χ4n) is 1.60. The molecular weight excluding hydrogens is 313 g/mol. The minimum atomic E-state index is -4.57. The second-order valence-corrected chi connectivity index (χ2v) is 5.79. The first kappa shape index (κ1) is 19.4. The number of alkyl halides is 3. The van der Waals surface area contributed by atoms with Crippen LogP contribution < -0.4 is 10.2 Å². The molecule has 1 atom stereocenters. The molecule has 0 amide bonds. The minimum absolute atomic E-state index is 0.00766. The van der Waals surface area contributed by atoms with Gasteiger partial charge in [0.2, 0.25) is 5.95 Å². The van der Waals surface area contributed by atoms with Gasteiger partial charge in [0.1, 0.15) is 5.82 Å². The van der Waals surface area contributed by atoms with Gasteiger partial charge < -0.3 is 20.1 Å². The molecule has 2 N–H and O–H groups in total. The van der Waals surface area contributed by atoms with Crippen molar-refractivity contribution < 1.29 is 23.0 Å². The number of aliphatic hydroxyl groups excluding tert-OH is 1. The van der Waals surface area contributed by atoms with Crippen LogP contribution in [0.4, 0.5) is 24.9 Å². The normalized spacial score (nSPS) is 13.3. The second-order valence-electron chi connectivity index (χ2n) is 5.79. The van der Waals surface area contributed by atoms with Crippen molar-refractivity contribution >= 4 is 11.8 Å². The zero-order chi connectivity index (χ0) is 17.6. The van der Waals surface area contributed by atoms with E-state index in [0.29, 0.717) is 12.5 Å². The van der Waals surface area contributed by atoms with Crippen LogP contribution >= 0.6 is 0 Å². The Kier molecular flexibility index (Phi) is 7.01. The lowest BCUT2D eigenvalue weighted by Gasteiger charge is -2.17. The maximum atomic E-state index is 12.8. The quantitative estimate of drug-likeness (QED) is 0.757. The van der Waals surface area contributed by atoms with Crippen LogP contribution in [0, 0.1) is 5.92 Å². The van der Waals surface area contributed by atoms with Crippen LogP contribution in [0.5, 0.6) is 0 Å². The van der Waals surface area contributed by atoms with E-state index in [9.17, 15) is 18.3 Å². The largest absolute Gasteiger partial charge is 0.433 e. The monoisotopic (exact) mass is 336 g/mol. The number of anilines is 2. The highest BCUT2D eigenvalue weighted by atomic mass is 19.4. The van der Waals surface area contributed by atoms with Crippen molar-refractivity contribution in [1.82, 2.24) is 9.97 Å². The predicted molar refractivity (Wildman–Crippen MR) is 81.5 cm³/mol. The smallest absolute Gasteiger partial charge is 0.389 e. The third-order valence-corrected chi connectivity index (χ3v) is 2.72. The van der Waals surface area contributed by atoms with Gasteiger partial charge in [0, 0.05) is 33.3 Å². The van der Waals surface area contributed by atoms with Crippen LogP contribution in [-0.2, 0) is 10.9 Å². The molecule has 0 spiro atoms. The fraction of sp³-hybridized carbons (Fsp3) is 0.714. The zero-order valence-corrected chi connectivity index (χ0v) is 13.7. The molecule has 1 unspecified atom stereocenters. The summed E-state index contributed by atoms with van der Waals surface area (Å²) in [5, 5.41) is 12.4. The molecule has 1 heterocycles. The molecule has 0 aliphatic rings. The number of aromatic nitrogens is 2. The second kappa shape index (κ2) is 8.30. The summed E-state index contributed by atoms with van der Waals surface area (Å²) in [6.45, 7) is 4.53. The lowest BCUT2D eigenvalue weighted by atomic mass is 10.2. The van der Waals surface area contributed by atoms with E-state index in [-0.39, 0.29) is 24.9 Å². The minimum Gasteiger partial charge on any atom is -0.389 e. The molecule has 9 heteroatoms. The molecule has 0 aliphatic carbocycles. The highest BCUT2D eigenvalue weighted by Crippen LogP contribution is 2.30. The average Bonchev–Trinajstić information content (AvgIpc) is 2.43. The molecule has 0 fully saturated rings. The Morgan fingerprint density at radius 2 is 1.91 bits per heavy atom. The van der Waals surface area contributed by atoms with Crippen LogP contribution in [0.1, 0.15) is 19.5 Å². The third kappa shape index (κ3) is 7.00. The Morgan fingerprint density at radius 3 is 2.43 bits per heavy atom. The van der Waals surface area contributed by atoms with Gasteiger partial charge >= 0.3 is 6.18 Å². The summed E-state index contributed by atoms with van der Waals surface area (Å²) in [6.07, 6.45) is -5.43. The number of halogens is 3. The highest BCUT2D eigenvalue weighted by Gasteiger charge is 2.34. The van der Waals surface area contributed by atoms with E-state index >= 15 is 0 Å². The molecule has 1 aromatic rings. The number of hydrogen-bond donors (Lipinski definition) is 2. The van der Waals surface area contributed by atoms with Gasteiger partial charge in [-0.3, -0.25) is 0 Å². The molecule has 0 saturated heterocycles. The summed E-state index contributed by atoms with van der Waals surface area (Å²) >= 11 is 0. The van der Waals surface area contributed by atoms with Gasteiger partial charge in [-0.25, -0.2) is 4.98 Å². The first-order chi connectivity index (χ1) is 10.6. The van der Waals surface area contributed by atoms with E-state index in [4.69, 9.17) is 4.74 Å². The third-order valence-electron chi connectivity index (χ3n) is 2.72. The van der Waals surface area contributed by atoms with E-state index in [0.717, 1.165) is 6.07 Å². The van der Waals surface area contributed by atoms with Crippen LogP contribution in [0.3, 0.4) is 0 Å². The predicted octanol–water partition coefficient (Wildman–Crippen LogP) is 2.01. The van der Waals surface area contributed by atoms with Crippen LogP contribution in [0.15, 0.2) is 6.07 Å². The first-order valence-corrected chi connectivity index (χ1v) is 7.23. The van der Waals surface area contributed by atoms with E-state index < -0.39 is 18.0 Å². The van der Waals surface area contributed by atoms with E-state index in [1.54, 1.807) is 14.1 Å². The molecule has 0 bridgehead atoms. The standard InChI is InChI=1S/C14H23F3N4O2/c1-9(2)7-23-8-10(22)6-18-13-19-11(14(15,16)17)5-12(20-13)21(3)4/h5,9-10,22H,6-8H2,1-4H3,(H,18,19,20). The fourth-order valence-corrected chi connectivity index (χ4v) is 1.60. The summed E-state index contributed by atoms with van der Waals surface area (Å²) < 4.78 is 43.8. The summed E-state index contributed by atoms with van der Waals surface area (Å²) in [6, 6.07) is 0.868. The van der Waals surface area contributed by atoms with Crippen molar-refractivity contribution in [3.63, 3.8) is 0 Å². The van der Waals surface area contributed by atoms with Crippen molar-refractivity contribution in [1.29, 1.82) is 0 Å². The zero-order valence-electron chi connectivity index (χ0n) is 13.7. The number of ether oxygens (including phenoxy) is 1. The maximum absolute atomic E-state index is 12.8. The molecule has 1 aromatic heterocycles. The van der Waals surface area contributed by atoms with E-state index in [1.165, 1.54) is 4.90 Å². The molecule has 132 valence electrons.